The molecule has 0 radical (unpaired) electrons. The first-order valence-electron chi connectivity index (χ1n) is 6.10. The van der Waals surface area contributed by atoms with Gasteiger partial charge < -0.3 is 9.47 Å². The predicted molar refractivity (Wildman–Crippen MR) is 79.2 cm³/mol. The van der Waals surface area contributed by atoms with E-state index in [9.17, 15) is 8.42 Å². The topological polar surface area (TPSA) is 55.8 Å². The Morgan fingerprint density at radius 3 is 2.65 bits per heavy atom. The van der Waals surface area contributed by atoms with Crippen LogP contribution >= 0.6 is 31.9 Å². The molecule has 1 aromatic rings. The number of alkyl halides is 2. The van der Waals surface area contributed by atoms with E-state index in [0.29, 0.717) is 22.9 Å². The Balaban J connectivity index is 2.06. The van der Waals surface area contributed by atoms with Gasteiger partial charge >= 0.3 is 0 Å². The van der Waals surface area contributed by atoms with Gasteiger partial charge in [-0.15, -0.1) is 0 Å². The van der Waals surface area contributed by atoms with Crippen molar-refractivity contribution in [2.24, 2.45) is 0 Å². The number of halogens is 2. The Morgan fingerprint density at radius 2 is 1.95 bits per heavy atom. The molecule has 5 nitrogen and oxygen atoms in total. The number of nitrogens with zero attached hydrogens (tertiary/aromatic N) is 1. The van der Waals surface area contributed by atoms with Crippen molar-refractivity contribution >= 4 is 41.9 Å². The zero-order valence-corrected chi connectivity index (χ0v) is 14.5. The molecule has 1 aromatic carbocycles. The van der Waals surface area contributed by atoms with Gasteiger partial charge in [0.1, 0.15) is 0 Å². The highest BCUT2D eigenvalue weighted by atomic mass is 79.9. The molecule has 3 aliphatic heterocycles. The van der Waals surface area contributed by atoms with Crippen molar-refractivity contribution in [2.45, 2.75) is 27.0 Å². The third-order valence-corrected chi connectivity index (χ3v) is 9.67. The molecule has 1 saturated heterocycles. The third-order valence-electron chi connectivity index (χ3n) is 4.29. The summed E-state index contributed by atoms with van der Waals surface area (Å²) < 4.78 is 37.7. The fourth-order valence-corrected chi connectivity index (χ4v) is 7.23. The molecule has 8 heteroatoms. The van der Waals surface area contributed by atoms with Crippen molar-refractivity contribution < 1.29 is 17.9 Å². The zero-order valence-electron chi connectivity index (χ0n) is 10.5. The van der Waals surface area contributed by atoms with Gasteiger partial charge in [-0.2, -0.15) is 4.31 Å². The van der Waals surface area contributed by atoms with Gasteiger partial charge in [-0.3, -0.25) is 0 Å². The number of rotatable bonds is 0. The summed E-state index contributed by atoms with van der Waals surface area (Å²) in [6.45, 7) is 2.65. The van der Waals surface area contributed by atoms with Crippen LogP contribution in [-0.2, 0) is 15.4 Å². The van der Waals surface area contributed by atoms with Crippen molar-refractivity contribution in [2.75, 3.05) is 13.3 Å². The maximum Gasteiger partial charge on any atom is 0.244 e. The molecule has 0 saturated carbocycles. The second-order valence-corrected chi connectivity index (χ2v) is 9.23. The Hall–Kier alpha value is -0.310. The highest BCUT2D eigenvalue weighted by Crippen LogP contribution is 2.54. The Bertz CT molecular complexity index is 722. The largest absolute Gasteiger partial charge is 0.454 e. The molecule has 0 aromatic heterocycles. The summed E-state index contributed by atoms with van der Waals surface area (Å²) in [6, 6.07) is 3.40. The summed E-state index contributed by atoms with van der Waals surface area (Å²) in [4.78, 5) is 0.0508. The molecule has 3 heterocycles. The van der Waals surface area contributed by atoms with Crippen LogP contribution in [0.4, 0.5) is 0 Å². The maximum atomic E-state index is 12.7. The van der Waals surface area contributed by atoms with Crippen LogP contribution in [0.15, 0.2) is 17.0 Å². The lowest BCUT2D eigenvalue weighted by molar-refractivity contribution is 0.174. The van der Waals surface area contributed by atoms with E-state index in [-0.39, 0.29) is 22.0 Å². The van der Waals surface area contributed by atoms with Crippen molar-refractivity contribution in [3.05, 3.63) is 17.7 Å². The van der Waals surface area contributed by atoms with Gasteiger partial charge in [0.05, 0.1) is 14.7 Å². The maximum absolute atomic E-state index is 12.7. The fraction of sp³-hybridized carbons (Fsp3) is 0.500. The molecule has 2 bridgehead atoms. The first-order chi connectivity index (χ1) is 9.35. The standard InChI is InChI=1S/C12H11Br2NO4S/c1-12-4-15(11(14)10(12)13)20(16,17)9-3-8-7(2-6(9)12)18-5-19-8/h2-3,10-11H,4-5H2,1H3/t10-,11-,12+/m0/s1. The molecule has 1 unspecified atom stereocenters. The van der Waals surface area contributed by atoms with Crippen LogP contribution in [0, 0.1) is 0 Å². The average Bonchev–Trinajstić information content (AvgIpc) is 2.94. The van der Waals surface area contributed by atoms with Crippen LogP contribution in [-0.4, -0.2) is 35.8 Å². The Kier molecular flexibility index (Phi) is 2.61. The third kappa shape index (κ3) is 1.43. The van der Waals surface area contributed by atoms with Crippen LogP contribution in [0.1, 0.15) is 12.5 Å². The van der Waals surface area contributed by atoms with Crippen molar-refractivity contribution in [1.82, 2.24) is 4.31 Å². The second-order valence-electron chi connectivity index (χ2n) is 5.44. The number of benzene rings is 1. The lowest BCUT2D eigenvalue weighted by Crippen LogP contribution is -2.41. The fourth-order valence-electron chi connectivity index (χ4n) is 3.11. The van der Waals surface area contributed by atoms with Gasteiger partial charge in [0.2, 0.25) is 16.8 Å². The van der Waals surface area contributed by atoms with E-state index in [0.717, 1.165) is 5.56 Å². The van der Waals surface area contributed by atoms with Crippen molar-refractivity contribution in [3.8, 4) is 11.5 Å². The van der Waals surface area contributed by atoms with Gasteiger partial charge in [-0.25, -0.2) is 8.42 Å². The quantitative estimate of drug-likeness (QED) is 0.473. The number of sulfonamides is 1. The summed E-state index contributed by atoms with van der Waals surface area (Å²) in [5, 5.41) is 0. The molecule has 0 aliphatic carbocycles. The number of hydrogen-bond donors (Lipinski definition) is 0. The molecule has 3 aliphatic rings. The normalized spacial score (nSPS) is 39.6. The monoisotopic (exact) mass is 423 g/mol. The summed E-state index contributed by atoms with van der Waals surface area (Å²) >= 11 is 7.13. The molecule has 1 fully saturated rings. The Morgan fingerprint density at radius 1 is 1.30 bits per heavy atom. The van der Waals surface area contributed by atoms with Crippen LogP contribution < -0.4 is 9.47 Å². The highest BCUT2D eigenvalue weighted by Gasteiger charge is 2.58. The van der Waals surface area contributed by atoms with Crippen LogP contribution in [0.2, 0.25) is 0 Å². The lowest BCUT2D eigenvalue weighted by atomic mass is 9.81. The van der Waals surface area contributed by atoms with Crippen LogP contribution in [0.3, 0.4) is 0 Å². The summed E-state index contributed by atoms with van der Waals surface area (Å²) in [5.74, 6) is 1.11. The highest BCUT2D eigenvalue weighted by molar-refractivity contribution is 9.12. The summed E-state index contributed by atoms with van der Waals surface area (Å²) in [6.07, 6.45) is 0. The first kappa shape index (κ1) is 13.4. The van der Waals surface area contributed by atoms with Crippen molar-refractivity contribution in [1.29, 1.82) is 0 Å². The average molecular weight is 425 g/mol. The zero-order chi connectivity index (χ0) is 14.3. The molecule has 108 valence electrons. The van der Waals surface area contributed by atoms with Gasteiger partial charge in [0, 0.05) is 18.0 Å². The minimum Gasteiger partial charge on any atom is -0.454 e. The molecule has 4 atom stereocenters. The van der Waals surface area contributed by atoms with Gasteiger partial charge in [-0.05, 0) is 11.6 Å². The first-order valence-corrected chi connectivity index (χ1v) is 9.37. The minimum atomic E-state index is -3.51. The summed E-state index contributed by atoms with van der Waals surface area (Å²) in [5.41, 5.74) is 0.498. The molecule has 0 N–H and O–H groups in total. The lowest BCUT2D eigenvalue weighted by Gasteiger charge is -2.33. The van der Waals surface area contributed by atoms with E-state index in [4.69, 9.17) is 9.47 Å². The molecular formula is C12H11Br2NO4S. The number of hydrogen-bond acceptors (Lipinski definition) is 4. The smallest absolute Gasteiger partial charge is 0.244 e. The van der Waals surface area contributed by atoms with Gasteiger partial charge in [-0.1, -0.05) is 38.8 Å². The van der Waals surface area contributed by atoms with E-state index >= 15 is 0 Å². The Labute approximate surface area is 133 Å². The van der Waals surface area contributed by atoms with Crippen LogP contribution in [0.5, 0.6) is 11.5 Å². The molecule has 20 heavy (non-hydrogen) atoms. The second kappa shape index (κ2) is 3.91. The van der Waals surface area contributed by atoms with E-state index in [1.54, 1.807) is 6.07 Å². The van der Waals surface area contributed by atoms with Crippen LogP contribution in [0.25, 0.3) is 0 Å². The van der Waals surface area contributed by atoms with Gasteiger partial charge in [0.15, 0.2) is 11.5 Å². The SMILES string of the molecule is C[C@]12CN([C@H](Br)[C@@H]1Br)S(=O)(=O)c1cc3c(cc12)OCO3. The molecular weight excluding hydrogens is 414 g/mol. The van der Waals surface area contributed by atoms with E-state index in [2.05, 4.69) is 38.8 Å². The van der Waals surface area contributed by atoms with E-state index in [1.807, 2.05) is 6.07 Å². The predicted octanol–water partition coefficient (Wildman–Crippen LogP) is 2.18. The molecule has 0 amide bonds. The number of ether oxygens (including phenoxy) is 2. The van der Waals surface area contributed by atoms with Crippen molar-refractivity contribution in [3.63, 3.8) is 0 Å². The number of fused-ring (bicyclic) bond motifs is 5. The minimum absolute atomic E-state index is 0.00797. The van der Waals surface area contributed by atoms with E-state index < -0.39 is 10.0 Å². The van der Waals surface area contributed by atoms with E-state index in [1.165, 1.54) is 4.31 Å². The molecule has 4 rings (SSSR count). The molecule has 0 spiro atoms. The summed E-state index contributed by atoms with van der Waals surface area (Å²) in [7, 11) is -3.51. The van der Waals surface area contributed by atoms with Gasteiger partial charge in [0.25, 0.3) is 0 Å².